The first kappa shape index (κ1) is 13.3. The van der Waals surface area contributed by atoms with Crippen molar-refractivity contribution < 1.29 is 4.74 Å². The van der Waals surface area contributed by atoms with Crippen molar-refractivity contribution in [2.75, 3.05) is 26.2 Å². The molecule has 1 heterocycles. The summed E-state index contributed by atoms with van der Waals surface area (Å²) in [7, 11) is 0. The molecule has 17 heavy (non-hydrogen) atoms. The molecule has 100 valence electrons. The molecular formula is C14H28N2O. The third kappa shape index (κ3) is 3.43. The summed E-state index contributed by atoms with van der Waals surface area (Å²) < 4.78 is 5.78. The van der Waals surface area contributed by atoms with Gasteiger partial charge in [0.1, 0.15) is 0 Å². The summed E-state index contributed by atoms with van der Waals surface area (Å²) >= 11 is 0. The topological polar surface area (TPSA) is 38.5 Å². The van der Waals surface area contributed by atoms with Crippen LogP contribution in [0.1, 0.15) is 45.4 Å². The molecule has 0 aromatic carbocycles. The molecule has 1 saturated carbocycles. The van der Waals surface area contributed by atoms with Crippen LogP contribution in [0, 0.1) is 5.92 Å². The van der Waals surface area contributed by atoms with E-state index in [-0.39, 0.29) is 0 Å². The summed E-state index contributed by atoms with van der Waals surface area (Å²) in [5.74, 6) is 0.716. The van der Waals surface area contributed by atoms with Crippen LogP contribution in [0.25, 0.3) is 0 Å². The Morgan fingerprint density at radius 3 is 2.82 bits per heavy atom. The van der Waals surface area contributed by atoms with Crippen molar-refractivity contribution in [2.24, 2.45) is 11.7 Å². The van der Waals surface area contributed by atoms with Gasteiger partial charge in [-0.25, -0.2) is 0 Å². The Kier molecular flexibility index (Phi) is 5.26. The zero-order valence-corrected chi connectivity index (χ0v) is 11.2. The second kappa shape index (κ2) is 6.72. The lowest BCUT2D eigenvalue weighted by molar-refractivity contribution is -0.0535. The Labute approximate surface area is 106 Å². The van der Waals surface area contributed by atoms with Gasteiger partial charge in [0.15, 0.2) is 0 Å². The van der Waals surface area contributed by atoms with E-state index >= 15 is 0 Å². The number of nitrogens with two attached hydrogens (primary N) is 1. The van der Waals surface area contributed by atoms with Gasteiger partial charge in [-0.1, -0.05) is 26.2 Å². The maximum atomic E-state index is 5.98. The fraction of sp³-hybridized carbons (Fsp3) is 1.00. The van der Waals surface area contributed by atoms with Crippen LogP contribution in [0.4, 0.5) is 0 Å². The highest BCUT2D eigenvalue weighted by atomic mass is 16.5. The Morgan fingerprint density at radius 2 is 2.06 bits per heavy atom. The monoisotopic (exact) mass is 240 g/mol. The van der Waals surface area contributed by atoms with E-state index in [1.807, 2.05) is 0 Å². The van der Waals surface area contributed by atoms with Gasteiger partial charge in [-0.3, -0.25) is 4.90 Å². The quantitative estimate of drug-likeness (QED) is 0.767. The van der Waals surface area contributed by atoms with Crippen LogP contribution in [0.3, 0.4) is 0 Å². The first-order valence-electron chi connectivity index (χ1n) is 7.40. The normalized spacial score (nSPS) is 36.7. The average Bonchev–Trinajstić information content (AvgIpc) is 2.63. The van der Waals surface area contributed by atoms with E-state index in [0.29, 0.717) is 12.0 Å². The molecule has 3 unspecified atom stereocenters. The van der Waals surface area contributed by atoms with Crippen molar-refractivity contribution in [2.45, 2.75) is 57.6 Å². The highest BCUT2D eigenvalue weighted by molar-refractivity contribution is 4.85. The van der Waals surface area contributed by atoms with Crippen LogP contribution in [-0.2, 0) is 4.74 Å². The highest BCUT2D eigenvalue weighted by Gasteiger charge is 2.31. The van der Waals surface area contributed by atoms with Crippen molar-refractivity contribution in [3.05, 3.63) is 0 Å². The number of hydrogen-bond donors (Lipinski definition) is 1. The van der Waals surface area contributed by atoms with E-state index in [1.54, 1.807) is 0 Å². The van der Waals surface area contributed by atoms with Crippen molar-refractivity contribution in [1.29, 1.82) is 0 Å². The van der Waals surface area contributed by atoms with Gasteiger partial charge >= 0.3 is 0 Å². The number of hydrogen-bond acceptors (Lipinski definition) is 3. The Balaban J connectivity index is 1.96. The maximum Gasteiger partial charge on any atom is 0.0700 e. The maximum absolute atomic E-state index is 5.98. The minimum atomic E-state index is 0.449. The molecule has 3 heteroatoms. The fourth-order valence-corrected chi connectivity index (χ4v) is 3.41. The van der Waals surface area contributed by atoms with Crippen molar-refractivity contribution in [3.8, 4) is 0 Å². The molecular weight excluding hydrogens is 212 g/mol. The van der Waals surface area contributed by atoms with Crippen LogP contribution >= 0.6 is 0 Å². The fourth-order valence-electron chi connectivity index (χ4n) is 3.41. The lowest BCUT2D eigenvalue weighted by atomic mass is 9.92. The molecule has 0 spiro atoms. The molecule has 2 N–H and O–H groups in total. The Morgan fingerprint density at radius 1 is 1.24 bits per heavy atom. The lowest BCUT2D eigenvalue weighted by Crippen LogP contribution is -2.51. The van der Waals surface area contributed by atoms with Gasteiger partial charge in [-0.2, -0.15) is 0 Å². The first-order valence-corrected chi connectivity index (χ1v) is 7.40. The summed E-state index contributed by atoms with van der Waals surface area (Å²) in [6, 6.07) is 0.723. The Hall–Kier alpha value is -0.120. The molecule has 0 aromatic heterocycles. The van der Waals surface area contributed by atoms with Gasteiger partial charge in [-0.05, 0) is 31.7 Å². The van der Waals surface area contributed by atoms with Gasteiger partial charge < -0.3 is 10.5 Å². The summed E-state index contributed by atoms with van der Waals surface area (Å²) in [6.07, 6.45) is 8.42. The van der Waals surface area contributed by atoms with Crippen LogP contribution in [-0.4, -0.2) is 43.3 Å². The predicted octanol–water partition coefficient (Wildman–Crippen LogP) is 2.00. The molecule has 0 bridgehead atoms. The van der Waals surface area contributed by atoms with E-state index in [4.69, 9.17) is 10.5 Å². The van der Waals surface area contributed by atoms with Crippen molar-refractivity contribution >= 4 is 0 Å². The van der Waals surface area contributed by atoms with Gasteiger partial charge in [0, 0.05) is 19.1 Å². The van der Waals surface area contributed by atoms with Gasteiger partial charge in [-0.15, -0.1) is 0 Å². The van der Waals surface area contributed by atoms with E-state index in [2.05, 4.69) is 11.8 Å². The summed E-state index contributed by atoms with van der Waals surface area (Å²) in [6.45, 7) is 6.22. The van der Waals surface area contributed by atoms with Crippen LogP contribution in [0.5, 0.6) is 0 Å². The summed E-state index contributed by atoms with van der Waals surface area (Å²) in [4.78, 5) is 2.67. The smallest absolute Gasteiger partial charge is 0.0700 e. The standard InChI is InChI=1S/C14H28N2O/c1-2-13-11-16(8-9-17-13)14-7-5-3-4-6-12(14)10-15/h12-14H,2-11,15H2,1H3. The number of rotatable bonds is 3. The highest BCUT2D eigenvalue weighted by Crippen LogP contribution is 2.28. The lowest BCUT2D eigenvalue weighted by Gasteiger charge is -2.41. The number of nitrogens with zero attached hydrogens (tertiary/aromatic N) is 1. The molecule has 3 atom stereocenters. The first-order chi connectivity index (χ1) is 8.35. The molecule has 1 saturated heterocycles. The molecule has 2 fully saturated rings. The molecule has 2 rings (SSSR count). The van der Waals surface area contributed by atoms with Crippen LogP contribution < -0.4 is 5.73 Å². The second-order valence-corrected chi connectivity index (χ2v) is 5.60. The van der Waals surface area contributed by atoms with E-state index in [0.717, 1.165) is 38.7 Å². The molecule has 2 aliphatic rings. The van der Waals surface area contributed by atoms with Gasteiger partial charge in [0.05, 0.1) is 12.7 Å². The van der Waals surface area contributed by atoms with Gasteiger partial charge in [0.25, 0.3) is 0 Å². The van der Waals surface area contributed by atoms with Crippen LogP contribution in [0.15, 0.2) is 0 Å². The molecule has 3 nitrogen and oxygen atoms in total. The summed E-state index contributed by atoms with van der Waals surface area (Å²) in [5.41, 5.74) is 5.98. The zero-order valence-electron chi connectivity index (χ0n) is 11.2. The van der Waals surface area contributed by atoms with Gasteiger partial charge in [0.2, 0.25) is 0 Å². The van der Waals surface area contributed by atoms with E-state index < -0.39 is 0 Å². The predicted molar refractivity (Wildman–Crippen MR) is 71.0 cm³/mol. The van der Waals surface area contributed by atoms with Crippen molar-refractivity contribution in [3.63, 3.8) is 0 Å². The van der Waals surface area contributed by atoms with E-state index in [1.165, 1.54) is 32.1 Å². The molecule has 1 aliphatic carbocycles. The molecule has 0 radical (unpaired) electrons. The minimum Gasteiger partial charge on any atom is -0.376 e. The molecule has 0 amide bonds. The second-order valence-electron chi connectivity index (χ2n) is 5.60. The Bertz CT molecular complexity index is 222. The number of ether oxygens (including phenoxy) is 1. The third-order valence-corrected chi connectivity index (χ3v) is 4.52. The average molecular weight is 240 g/mol. The zero-order chi connectivity index (χ0) is 12.1. The third-order valence-electron chi connectivity index (χ3n) is 4.52. The molecule has 0 aromatic rings. The summed E-state index contributed by atoms with van der Waals surface area (Å²) in [5, 5.41) is 0. The van der Waals surface area contributed by atoms with Crippen molar-refractivity contribution in [1.82, 2.24) is 4.90 Å². The SMILES string of the molecule is CCC1CN(C2CCCCCC2CN)CCO1. The number of morpholine rings is 1. The minimum absolute atomic E-state index is 0.449. The van der Waals surface area contributed by atoms with E-state index in [9.17, 15) is 0 Å². The molecule has 1 aliphatic heterocycles. The van der Waals surface area contributed by atoms with Crippen LogP contribution in [0.2, 0.25) is 0 Å². The largest absolute Gasteiger partial charge is 0.376 e.